The number of amides is 1. The van der Waals surface area contributed by atoms with Gasteiger partial charge in [0.05, 0.1) is 4.90 Å². The van der Waals surface area contributed by atoms with Crippen LogP contribution in [0.3, 0.4) is 0 Å². The average Bonchev–Trinajstić information content (AvgIpc) is 2.27. The van der Waals surface area contributed by atoms with Gasteiger partial charge in [-0.1, -0.05) is 30.3 Å². The summed E-state index contributed by atoms with van der Waals surface area (Å²) < 4.78 is 5.08. The Bertz CT molecular complexity index is 395. The van der Waals surface area contributed by atoms with Crippen LogP contribution in [-0.4, -0.2) is 18.9 Å². The fraction of sp³-hybridized carbons (Fsp3) is 0.182. The Morgan fingerprint density at radius 3 is 2.88 bits per heavy atom. The number of hydrogen-bond acceptors (Lipinski definition) is 3. The molecule has 1 amide bonds. The first-order chi connectivity index (χ1) is 7.63. The van der Waals surface area contributed by atoms with E-state index in [1.165, 1.54) is 18.8 Å². The van der Waals surface area contributed by atoms with Crippen molar-refractivity contribution in [1.82, 2.24) is 5.32 Å². The SMILES string of the molecule is C=C(Cl)CSc1ccccc1OC(=O)NC. The van der Waals surface area contributed by atoms with E-state index in [2.05, 4.69) is 11.9 Å². The molecule has 0 unspecified atom stereocenters. The number of carbonyl (C=O) groups excluding carboxylic acids is 1. The van der Waals surface area contributed by atoms with Crippen molar-refractivity contribution < 1.29 is 9.53 Å². The normalized spacial score (nSPS) is 9.62. The van der Waals surface area contributed by atoms with Gasteiger partial charge < -0.3 is 10.1 Å². The molecule has 0 aliphatic heterocycles. The summed E-state index contributed by atoms with van der Waals surface area (Å²) in [7, 11) is 1.51. The molecule has 0 bridgehead atoms. The Morgan fingerprint density at radius 1 is 1.56 bits per heavy atom. The zero-order valence-corrected chi connectivity index (χ0v) is 10.4. The van der Waals surface area contributed by atoms with Crippen molar-refractivity contribution in [3.05, 3.63) is 35.9 Å². The standard InChI is InChI=1S/C11H12ClNO2S/c1-8(12)7-16-10-6-4-3-5-9(10)15-11(14)13-2/h3-6H,1,7H2,2H3,(H,13,14). The number of para-hydroxylation sites is 1. The number of rotatable bonds is 4. The molecule has 0 aliphatic rings. The van der Waals surface area contributed by atoms with Crippen LogP contribution < -0.4 is 10.1 Å². The quantitative estimate of drug-likeness (QED) is 0.842. The number of hydrogen-bond donors (Lipinski definition) is 1. The number of ether oxygens (including phenoxy) is 1. The lowest BCUT2D eigenvalue weighted by Crippen LogP contribution is -2.22. The first-order valence-electron chi connectivity index (χ1n) is 4.58. The molecule has 86 valence electrons. The van der Waals surface area contributed by atoms with E-state index in [0.717, 1.165) is 4.90 Å². The molecule has 1 aromatic rings. The Hall–Kier alpha value is -1.13. The lowest BCUT2D eigenvalue weighted by atomic mass is 10.3. The van der Waals surface area contributed by atoms with Crippen LogP contribution in [0.15, 0.2) is 40.8 Å². The maximum absolute atomic E-state index is 11.1. The largest absolute Gasteiger partial charge is 0.412 e. The monoisotopic (exact) mass is 257 g/mol. The van der Waals surface area contributed by atoms with E-state index >= 15 is 0 Å². The molecule has 0 saturated heterocycles. The van der Waals surface area contributed by atoms with Gasteiger partial charge in [-0.05, 0) is 12.1 Å². The Labute approximate surface area is 104 Å². The summed E-state index contributed by atoms with van der Waals surface area (Å²) in [5.41, 5.74) is 0. The molecule has 0 spiro atoms. The smallest absolute Gasteiger partial charge is 0.409 e. The number of carbonyl (C=O) groups is 1. The van der Waals surface area contributed by atoms with Crippen LogP contribution in [0, 0.1) is 0 Å². The van der Waals surface area contributed by atoms with E-state index in [-0.39, 0.29) is 0 Å². The maximum Gasteiger partial charge on any atom is 0.412 e. The Morgan fingerprint density at radius 2 is 2.25 bits per heavy atom. The number of nitrogens with one attached hydrogen (secondary N) is 1. The number of thioether (sulfide) groups is 1. The molecule has 16 heavy (non-hydrogen) atoms. The summed E-state index contributed by atoms with van der Waals surface area (Å²) in [6, 6.07) is 7.27. The Balaban J connectivity index is 2.74. The van der Waals surface area contributed by atoms with Crippen molar-refractivity contribution in [3.63, 3.8) is 0 Å². The molecule has 0 aliphatic carbocycles. The molecule has 3 nitrogen and oxygen atoms in total. The summed E-state index contributed by atoms with van der Waals surface area (Å²) in [5.74, 6) is 1.10. The van der Waals surface area contributed by atoms with Crippen LogP contribution >= 0.6 is 23.4 Å². The predicted octanol–water partition coefficient (Wildman–Crippen LogP) is 3.25. The second kappa shape index (κ2) is 6.45. The number of benzene rings is 1. The summed E-state index contributed by atoms with van der Waals surface area (Å²) in [6.07, 6.45) is -0.488. The minimum atomic E-state index is -0.488. The van der Waals surface area contributed by atoms with Gasteiger partial charge in [-0.2, -0.15) is 0 Å². The van der Waals surface area contributed by atoms with Gasteiger partial charge in [-0.25, -0.2) is 4.79 Å². The molecule has 1 N–H and O–H groups in total. The maximum atomic E-state index is 11.1. The zero-order valence-electron chi connectivity index (χ0n) is 8.83. The van der Waals surface area contributed by atoms with Gasteiger partial charge in [0.2, 0.25) is 0 Å². The van der Waals surface area contributed by atoms with Gasteiger partial charge in [-0.15, -0.1) is 11.8 Å². The van der Waals surface area contributed by atoms with Crippen molar-refractivity contribution >= 4 is 29.5 Å². The minimum Gasteiger partial charge on any atom is -0.409 e. The first-order valence-corrected chi connectivity index (χ1v) is 5.94. The summed E-state index contributed by atoms with van der Waals surface area (Å²) in [6.45, 7) is 3.60. The fourth-order valence-electron chi connectivity index (χ4n) is 0.961. The average molecular weight is 258 g/mol. The van der Waals surface area contributed by atoms with Crippen molar-refractivity contribution in [2.75, 3.05) is 12.8 Å². The van der Waals surface area contributed by atoms with Gasteiger partial charge in [0.1, 0.15) is 5.75 Å². The highest BCUT2D eigenvalue weighted by Gasteiger charge is 2.07. The van der Waals surface area contributed by atoms with E-state index in [1.54, 1.807) is 12.1 Å². The third kappa shape index (κ3) is 4.16. The van der Waals surface area contributed by atoms with Crippen LogP contribution in [-0.2, 0) is 0 Å². The summed E-state index contributed by atoms with van der Waals surface area (Å²) in [4.78, 5) is 11.9. The summed E-state index contributed by atoms with van der Waals surface area (Å²) >= 11 is 7.15. The molecular weight excluding hydrogens is 246 g/mol. The molecule has 5 heteroatoms. The van der Waals surface area contributed by atoms with Crippen LogP contribution in [0.5, 0.6) is 5.75 Å². The minimum absolute atomic E-state index is 0.488. The first kappa shape index (κ1) is 12.9. The van der Waals surface area contributed by atoms with Gasteiger partial charge in [-0.3, -0.25) is 0 Å². The Kier molecular flexibility index (Phi) is 5.22. The predicted molar refractivity (Wildman–Crippen MR) is 67.2 cm³/mol. The van der Waals surface area contributed by atoms with Crippen LogP contribution in [0.2, 0.25) is 0 Å². The van der Waals surface area contributed by atoms with Crippen molar-refractivity contribution in [1.29, 1.82) is 0 Å². The van der Waals surface area contributed by atoms with Gasteiger partial charge in [0, 0.05) is 17.8 Å². The second-order valence-electron chi connectivity index (χ2n) is 2.89. The van der Waals surface area contributed by atoms with Crippen LogP contribution in [0.25, 0.3) is 0 Å². The highest BCUT2D eigenvalue weighted by Crippen LogP contribution is 2.30. The van der Waals surface area contributed by atoms with E-state index in [9.17, 15) is 4.79 Å². The molecule has 1 rings (SSSR count). The van der Waals surface area contributed by atoms with Crippen molar-refractivity contribution in [2.24, 2.45) is 0 Å². The third-order valence-electron chi connectivity index (χ3n) is 1.64. The molecule has 0 radical (unpaired) electrons. The van der Waals surface area contributed by atoms with E-state index in [4.69, 9.17) is 16.3 Å². The highest BCUT2D eigenvalue weighted by atomic mass is 35.5. The molecule has 0 saturated carbocycles. The van der Waals surface area contributed by atoms with Gasteiger partial charge in [0.15, 0.2) is 0 Å². The lowest BCUT2D eigenvalue weighted by molar-refractivity contribution is 0.202. The van der Waals surface area contributed by atoms with Crippen LogP contribution in [0.1, 0.15) is 0 Å². The highest BCUT2D eigenvalue weighted by molar-refractivity contribution is 7.99. The molecule has 0 fully saturated rings. The van der Waals surface area contributed by atoms with Crippen LogP contribution in [0.4, 0.5) is 4.79 Å². The third-order valence-corrected chi connectivity index (χ3v) is 3.07. The van der Waals surface area contributed by atoms with E-state index in [1.807, 2.05) is 12.1 Å². The van der Waals surface area contributed by atoms with Gasteiger partial charge in [0.25, 0.3) is 0 Å². The summed E-state index contributed by atoms with van der Waals surface area (Å²) in [5, 5.41) is 2.95. The fourth-order valence-corrected chi connectivity index (χ4v) is 1.86. The second-order valence-corrected chi connectivity index (χ2v) is 4.44. The van der Waals surface area contributed by atoms with Crippen molar-refractivity contribution in [3.8, 4) is 5.75 Å². The lowest BCUT2D eigenvalue weighted by Gasteiger charge is -2.08. The molecular formula is C11H12ClNO2S. The molecule has 0 atom stereocenters. The number of halogens is 1. The zero-order chi connectivity index (χ0) is 12.0. The van der Waals surface area contributed by atoms with E-state index in [0.29, 0.717) is 16.5 Å². The topological polar surface area (TPSA) is 38.3 Å². The molecule has 0 aromatic heterocycles. The molecule has 0 heterocycles. The van der Waals surface area contributed by atoms with E-state index < -0.39 is 6.09 Å². The molecule has 1 aromatic carbocycles. The van der Waals surface area contributed by atoms with Gasteiger partial charge >= 0.3 is 6.09 Å². The van der Waals surface area contributed by atoms with Crippen molar-refractivity contribution in [2.45, 2.75) is 4.90 Å².